The predicted octanol–water partition coefficient (Wildman–Crippen LogP) is 3.38. The zero-order chi connectivity index (χ0) is 19.2. The summed E-state index contributed by atoms with van der Waals surface area (Å²) in [5, 5.41) is 14.5. The molecule has 6 nitrogen and oxygen atoms in total. The number of carbonyl (C=O) groups is 2. The second kappa shape index (κ2) is 8.46. The highest BCUT2D eigenvalue weighted by atomic mass is 32.1. The summed E-state index contributed by atoms with van der Waals surface area (Å²) in [7, 11) is 1.62. The van der Waals surface area contributed by atoms with Gasteiger partial charge in [-0.25, -0.2) is 9.78 Å². The van der Waals surface area contributed by atoms with E-state index in [0.29, 0.717) is 5.69 Å². The van der Waals surface area contributed by atoms with Crippen LogP contribution in [0.4, 0.5) is 0 Å². The topological polar surface area (TPSA) is 88.5 Å². The molecule has 0 spiro atoms. The zero-order valence-electron chi connectivity index (χ0n) is 14.6. The SMILES string of the molecule is COc1ccc(-c2nc(CC(=O)NCc3cccc(C(=O)O)c3)cs2)cc1. The van der Waals surface area contributed by atoms with E-state index in [-0.39, 0.29) is 24.4 Å². The summed E-state index contributed by atoms with van der Waals surface area (Å²) in [6, 6.07) is 14.1. The highest BCUT2D eigenvalue weighted by molar-refractivity contribution is 7.13. The monoisotopic (exact) mass is 382 g/mol. The molecule has 0 saturated heterocycles. The van der Waals surface area contributed by atoms with Gasteiger partial charge in [0, 0.05) is 17.5 Å². The number of aromatic carboxylic acids is 1. The molecular formula is C20H18N2O4S. The van der Waals surface area contributed by atoms with Gasteiger partial charge in [0.2, 0.25) is 5.91 Å². The molecule has 27 heavy (non-hydrogen) atoms. The van der Waals surface area contributed by atoms with Crippen LogP contribution in [0.25, 0.3) is 10.6 Å². The van der Waals surface area contributed by atoms with Gasteiger partial charge in [-0.1, -0.05) is 12.1 Å². The summed E-state index contributed by atoms with van der Waals surface area (Å²) in [6.07, 6.45) is 0.172. The van der Waals surface area contributed by atoms with Crippen molar-refractivity contribution in [2.75, 3.05) is 7.11 Å². The summed E-state index contributed by atoms with van der Waals surface area (Å²) in [5.74, 6) is -0.374. The number of carboxylic acid groups (broad SMARTS) is 1. The Hall–Kier alpha value is -3.19. The molecular weight excluding hydrogens is 364 g/mol. The van der Waals surface area contributed by atoms with Gasteiger partial charge in [-0.2, -0.15) is 0 Å². The Kier molecular flexibility index (Phi) is 5.83. The summed E-state index contributed by atoms with van der Waals surface area (Å²) in [6.45, 7) is 0.273. The number of amides is 1. The van der Waals surface area contributed by atoms with Crippen molar-refractivity contribution in [1.82, 2.24) is 10.3 Å². The van der Waals surface area contributed by atoms with Crippen LogP contribution in [0, 0.1) is 0 Å². The Morgan fingerprint density at radius 3 is 2.67 bits per heavy atom. The summed E-state index contributed by atoms with van der Waals surface area (Å²) in [5.41, 5.74) is 2.60. The fourth-order valence-electron chi connectivity index (χ4n) is 2.50. The molecule has 0 saturated carbocycles. The Morgan fingerprint density at radius 2 is 1.96 bits per heavy atom. The lowest BCUT2D eigenvalue weighted by Crippen LogP contribution is -2.24. The van der Waals surface area contributed by atoms with E-state index in [2.05, 4.69) is 10.3 Å². The molecule has 1 heterocycles. The van der Waals surface area contributed by atoms with Crippen LogP contribution in [0.5, 0.6) is 5.75 Å². The van der Waals surface area contributed by atoms with E-state index in [1.165, 1.54) is 17.4 Å². The molecule has 0 atom stereocenters. The van der Waals surface area contributed by atoms with Crippen molar-refractivity contribution >= 4 is 23.2 Å². The number of carboxylic acids is 1. The van der Waals surface area contributed by atoms with Gasteiger partial charge in [-0.05, 0) is 42.0 Å². The Morgan fingerprint density at radius 1 is 1.19 bits per heavy atom. The first kappa shape index (κ1) is 18.6. The molecule has 2 aromatic carbocycles. The number of rotatable bonds is 7. The molecule has 7 heteroatoms. The lowest BCUT2D eigenvalue weighted by atomic mass is 10.1. The van der Waals surface area contributed by atoms with Gasteiger partial charge in [0.1, 0.15) is 10.8 Å². The Bertz CT molecular complexity index is 951. The van der Waals surface area contributed by atoms with Gasteiger partial charge in [-0.15, -0.1) is 11.3 Å². The van der Waals surface area contributed by atoms with Crippen molar-refractivity contribution in [3.8, 4) is 16.3 Å². The molecule has 1 amide bonds. The first-order chi connectivity index (χ1) is 13.0. The van der Waals surface area contributed by atoms with E-state index in [4.69, 9.17) is 9.84 Å². The molecule has 1 aromatic heterocycles. The molecule has 0 fully saturated rings. The Labute approximate surface area is 160 Å². The fraction of sp³-hybridized carbons (Fsp3) is 0.150. The highest BCUT2D eigenvalue weighted by Gasteiger charge is 2.10. The van der Waals surface area contributed by atoms with Gasteiger partial charge >= 0.3 is 5.97 Å². The fourth-order valence-corrected chi connectivity index (χ4v) is 3.32. The van der Waals surface area contributed by atoms with E-state index in [1.54, 1.807) is 25.3 Å². The van der Waals surface area contributed by atoms with E-state index >= 15 is 0 Å². The third-order valence-corrected chi connectivity index (χ3v) is 4.83. The molecule has 3 aromatic rings. The van der Waals surface area contributed by atoms with E-state index in [0.717, 1.165) is 21.9 Å². The van der Waals surface area contributed by atoms with Crippen molar-refractivity contribution in [2.24, 2.45) is 0 Å². The smallest absolute Gasteiger partial charge is 0.335 e. The molecule has 138 valence electrons. The summed E-state index contributed by atoms with van der Waals surface area (Å²) < 4.78 is 5.14. The maximum Gasteiger partial charge on any atom is 0.335 e. The molecule has 0 aliphatic heterocycles. The molecule has 3 rings (SSSR count). The number of ether oxygens (including phenoxy) is 1. The molecule has 0 unspecified atom stereocenters. The van der Waals surface area contributed by atoms with Crippen LogP contribution >= 0.6 is 11.3 Å². The predicted molar refractivity (Wildman–Crippen MR) is 103 cm³/mol. The normalized spacial score (nSPS) is 10.4. The number of hydrogen-bond donors (Lipinski definition) is 2. The average Bonchev–Trinajstić information content (AvgIpc) is 3.15. The molecule has 0 radical (unpaired) electrons. The van der Waals surface area contributed by atoms with Crippen molar-refractivity contribution in [3.63, 3.8) is 0 Å². The minimum Gasteiger partial charge on any atom is -0.497 e. The van der Waals surface area contributed by atoms with Crippen LogP contribution in [0.15, 0.2) is 53.9 Å². The van der Waals surface area contributed by atoms with E-state index in [9.17, 15) is 9.59 Å². The van der Waals surface area contributed by atoms with Gasteiger partial charge in [-0.3, -0.25) is 4.79 Å². The Balaban J connectivity index is 1.57. The van der Waals surface area contributed by atoms with Gasteiger partial charge in [0.05, 0.1) is 24.8 Å². The van der Waals surface area contributed by atoms with Crippen LogP contribution in [0.2, 0.25) is 0 Å². The number of nitrogens with one attached hydrogen (secondary N) is 1. The third kappa shape index (κ3) is 4.92. The maximum atomic E-state index is 12.2. The number of aromatic nitrogens is 1. The summed E-state index contributed by atoms with van der Waals surface area (Å²) >= 11 is 1.48. The van der Waals surface area contributed by atoms with Crippen molar-refractivity contribution in [2.45, 2.75) is 13.0 Å². The van der Waals surface area contributed by atoms with Crippen molar-refractivity contribution in [3.05, 3.63) is 70.7 Å². The quantitative estimate of drug-likeness (QED) is 0.654. The largest absolute Gasteiger partial charge is 0.497 e. The first-order valence-electron chi connectivity index (χ1n) is 8.23. The van der Waals surface area contributed by atoms with Gasteiger partial charge in [0.15, 0.2) is 0 Å². The molecule has 0 bridgehead atoms. The van der Waals surface area contributed by atoms with Crippen LogP contribution in [0.3, 0.4) is 0 Å². The number of methoxy groups -OCH3 is 1. The number of nitrogens with zero attached hydrogens (tertiary/aromatic N) is 1. The van der Waals surface area contributed by atoms with Gasteiger partial charge in [0.25, 0.3) is 0 Å². The maximum absolute atomic E-state index is 12.2. The lowest BCUT2D eigenvalue weighted by Gasteiger charge is -2.05. The first-order valence-corrected chi connectivity index (χ1v) is 9.11. The summed E-state index contributed by atoms with van der Waals surface area (Å²) in [4.78, 5) is 27.6. The van der Waals surface area contributed by atoms with Gasteiger partial charge < -0.3 is 15.2 Å². The van der Waals surface area contributed by atoms with E-state index in [1.807, 2.05) is 29.6 Å². The van der Waals surface area contributed by atoms with Crippen molar-refractivity contribution < 1.29 is 19.4 Å². The third-order valence-electron chi connectivity index (χ3n) is 3.89. The number of hydrogen-bond acceptors (Lipinski definition) is 5. The second-order valence-electron chi connectivity index (χ2n) is 5.83. The van der Waals surface area contributed by atoms with Crippen LogP contribution in [-0.4, -0.2) is 29.1 Å². The minimum atomic E-state index is -0.989. The number of benzene rings is 2. The average molecular weight is 382 g/mol. The lowest BCUT2D eigenvalue weighted by molar-refractivity contribution is -0.120. The van der Waals surface area contributed by atoms with Crippen LogP contribution < -0.4 is 10.1 Å². The molecule has 2 N–H and O–H groups in total. The molecule has 0 aliphatic carbocycles. The highest BCUT2D eigenvalue weighted by Crippen LogP contribution is 2.25. The zero-order valence-corrected chi connectivity index (χ0v) is 15.5. The second-order valence-corrected chi connectivity index (χ2v) is 6.69. The van der Waals surface area contributed by atoms with Crippen molar-refractivity contribution in [1.29, 1.82) is 0 Å². The van der Waals surface area contributed by atoms with Crippen LogP contribution in [-0.2, 0) is 17.8 Å². The van der Waals surface area contributed by atoms with Crippen LogP contribution in [0.1, 0.15) is 21.6 Å². The number of thiazole rings is 1. The minimum absolute atomic E-state index is 0.165. The standard InChI is InChI=1S/C20H18N2O4S/c1-26-17-7-5-14(6-8-17)19-22-16(12-27-19)10-18(23)21-11-13-3-2-4-15(9-13)20(24)25/h2-9,12H,10-11H2,1H3,(H,21,23)(H,24,25). The number of carbonyl (C=O) groups excluding carboxylic acids is 1. The van der Waals surface area contributed by atoms with E-state index < -0.39 is 5.97 Å². The molecule has 0 aliphatic rings.